The van der Waals surface area contributed by atoms with E-state index >= 15 is 0 Å². The second kappa shape index (κ2) is 11.1. The highest BCUT2D eigenvalue weighted by Gasteiger charge is 2.22. The Morgan fingerprint density at radius 3 is 2.97 bits per heavy atom. The van der Waals surface area contributed by atoms with E-state index in [1.807, 2.05) is 11.6 Å². The summed E-state index contributed by atoms with van der Waals surface area (Å²) < 4.78 is 12.9. The number of hydrogen-bond acceptors (Lipinski definition) is 5. The summed E-state index contributed by atoms with van der Waals surface area (Å²) in [5.41, 5.74) is 2.85. The van der Waals surface area contributed by atoms with E-state index in [4.69, 9.17) is 21.1 Å². The number of ether oxygens (including phenoxy) is 2. The molecule has 3 rings (SSSR count). The van der Waals surface area contributed by atoms with Gasteiger partial charge in [-0.1, -0.05) is 24.6 Å². The number of esters is 1. The number of halogens is 1. The standard InChI is InChI=1S/C22H28ClN3O4/c1-2-18-20-19(9-4-12-29-13-5-10-24-21(20)27)26(25-18)11-6-14-30-22(28)16-7-3-8-17(23)15-16/h3,7-8,15H,2,4-6,9-14H2,1H3,(H,24,27). The lowest BCUT2D eigenvalue weighted by Crippen LogP contribution is -2.26. The summed E-state index contributed by atoms with van der Waals surface area (Å²) in [5.74, 6) is -0.467. The molecule has 1 aromatic carbocycles. The fourth-order valence-electron chi connectivity index (χ4n) is 3.49. The van der Waals surface area contributed by atoms with Crippen LogP contribution in [0.1, 0.15) is 58.3 Å². The number of carbonyl (C=O) groups excluding carboxylic acids is 2. The summed E-state index contributed by atoms with van der Waals surface area (Å²) in [4.78, 5) is 24.9. The normalized spacial score (nSPS) is 15.1. The monoisotopic (exact) mass is 433 g/mol. The van der Waals surface area contributed by atoms with Gasteiger partial charge >= 0.3 is 5.97 Å². The quantitative estimate of drug-likeness (QED) is 0.557. The molecule has 162 valence electrons. The van der Waals surface area contributed by atoms with Crippen molar-refractivity contribution >= 4 is 23.5 Å². The Hall–Kier alpha value is -2.38. The smallest absolute Gasteiger partial charge is 0.338 e. The van der Waals surface area contributed by atoms with Crippen LogP contribution in [0.15, 0.2) is 24.3 Å². The number of benzene rings is 1. The molecular formula is C22H28ClN3O4. The molecule has 0 saturated carbocycles. The van der Waals surface area contributed by atoms with Gasteiger partial charge in [0.25, 0.3) is 5.91 Å². The Balaban J connectivity index is 1.65. The first-order valence-corrected chi connectivity index (χ1v) is 10.8. The minimum Gasteiger partial charge on any atom is -0.462 e. The first kappa shape index (κ1) is 22.3. The number of aromatic nitrogens is 2. The van der Waals surface area contributed by atoms with Crippen LogP contribution in [-0.2, 0) is 28.9 Å². The molecule has 0 saturated heterocycles. The summed E-state index contributed by atoms with van der Waals surface area (Å²) in [5, 5.41) is 8.15. The zero-order chi connectivity index (χ0) is 21.3. The third-order valence-corrected chi connectivity index (χ3v) is 5.19. The maximum absolute atomic E-state index is 12.7. The summed E-state index contributed by atoms with van der Waals surface area (Å²) in [7, 11) is 0. The minimum absolute atomic E-state index is 0.0672. The highest BCUT2D eigenvalue weighted by molar-refractivity contribution is 6.30. The molecule has 0 fully saturated rings. The Bertz CT molecular complexity index is 881. The first-order chi connectivity index (χ1) is 14.6. The second-order valence-electron chi connectivity index (χ2n) is 7.17. The third-order valence-electron chi connectivity index (χ3n) is 4.95. The Kier molecular flexibility index (Phi) is 8.28. The molecule has 8 heteroatoms. The number of hydrogen-bond donors (Lipinski definition) is 1. The van der Waals surface area contributed by atoms with Gasteiger partial charge in [0.2, 0.25) is 0 Å². The van der Waals surface area contributed by atoms with E-state index in [0.717, 1.165) is 30.7 Å². The SMILES string of the molecule is CCc1nn(CCCOC(=O)c2cccc(Cl)c2)c2c1C(=O)NCCCOCCC2. The molecule has 1 aliphatic rings. The molecule has 2 aromatic rings. The highest BCUT2D eigenvalue weighted by Crippen LogP contribution is 2.19. The molecule has 30 heavy (non-hydrogen) atoms. The van der Waals surface area contributed by atoms with Crippen LogP contribution in [0.25, 0.3) is 0 Å². The van der Waals surface area contributed by atoms with Crippen molar-refractivity contribution in [1.82, 2.24) is 15.1 Å². The van der Waals surface area contributed by atoms with E-state index in [2.05, 4.69) is 10.4 Å². The molecule has 0 bridgehead atoms. The van der Waals surface area contributed by atoms with E-state index in [1.165, 1.54) is 0 Å². The number of nitrogens with one attached hydrogen (secondary N) is 1. The van der Waals surface area contributed by atoms with Crippen molar-refractivity contribution in [3.05, 3.63) is 51.8 Å². The average Bonchev–Trinajstić information content (AvgIpc) is 3.08. The van der Waals surface area contributed by atoms with E-state index < -0.39 is 5.97 Å². The molecule has 0 aliphatic carbocycles. The number of nitrogens with zero attached hydrogens (tertiary/aromatic N) is 2. The molecule has 1 N–H and O–H groups in total. The summed E-state index contributed by atoms with van der Waals surface area (Å²) in [6, 6.07) is 6.69. The van der Waals surface area contributed by atoms with Crippen LogP contribution in [0.2, 0.25) is 5.02 Å². The van der Waals surface area contributed by atoms with Crippen molar-refractivity contribution in [1.29, 1.82) is 0 Å². The number of fused-ring (bicyclic) bond motifs is 1. The highest BCUT2D eigenvalue weighted by atomic mass is 35.5. The summed E-state index contributed by atoms with van der Waals surface area (Å²) in [6.07, 6.45) is 3.64. The predicted molar refractivity (Wildman–Crippen MR) is 114 cm³/mol. The Morgan fingerprint density at radius 1 is 1.33 bits per heavy atom. The van der Waals surface area contributed by atoms with Crippen molar-refractivity contribution in [2.24, 2.45) is 0 Å². The molecule has 1 amide bonds. The van der Waals surface area contributed by atoms with E-state index in [1.54, 1.807) is 24.3 Å². The number of carbonyl (C=O) groups is 2. The molecule has 0 spiro atoms. The zero-order valence-corrected chi connectivity index (χ0v) is 18.0. The van der Waals surface area contributed by atoms with Crippen molar-refractivity contribution in [3.63, 3.8) is 0 Å². The van der Waals surface area contributed by atoms with Crippen LogP contribution in [0, 0.1) is 0 Å². The average molecular weight is 434 g/mol. The van der Waals surface area contributed by atoms with Gasteiger partial charge in [-0.05, 0) is 43.9 Å². The van der Waals surface area contributed by atoms with Gasteiger partial charge in [-0.3, -0.25) is 9.48 Å². The lowest BCUT2D eigenvalue weighted by atomic mass is 10.1. The summed E-state index contributed by atoms with van der Waals surface area (Å²) >= 11 is 5.92. The van der Waals surface area contributed by atoms with Crippen LogP contribution >= 0.6 is 11.6 Å². The first-order valence-electron chi connectivity index (χ1n) is 10.5. The molecule has 2 heterocycles. The zero-order valence-electron chi connectivity index (χ0n) is 17.3. The van der Waals surface area contributed by atoms with Gasteiger partial charge in [-0.15, -0.1) is 0 Å². The van der Waals surface area contributed by atoms with Crippen LogP contribution < -0.4 is 5.32 Å². The predicted octanol–water partition coefficient (Wildman–Crippen LogP) is 3.43. The molecule has 1 aliphatic heterocycles. The molecule has 0 radical (unpaired) electrons. The van der Waals surface area contributed by atoms with Crippen LogP contribution in [-0.4, -0.2) is 48.0 Å². The maximum Gasteiger partial charge on any atom is 0.338 e. The fourth-order valence-corrected chi connectivity index (χ4v) is 3.68. The van der Waals surface area contributed by atoms with Gasteiger partial charge in [0.1, 0.15) is 0 Å². The van der Waals surface area contributed by atoms with E-state index in [-0.39, 0.29) is 12.5 Å². The van der Waals surface area contributed by atoms with Crippen molar-refractivity contribution in [2.45, 2.75) is 45.6 Å². The topological polar surface area (TPSA) is 82.5 Å². The van der Waals surface area contributed by atoms with Crippen molar-refractivity contribution in [3.8, 4) is 0 Å². The van der Waals surface area contributed by atoms with Gasteiger partial charge in [0, 0.05) is 37.7 Å². The van der Waals surface area contributed by atoms with Gasteiger partial charge in [0.05, 0.1) is 29.1 Å². The Labute approximate surface area is 181 Å². The minimum atomic E-state index is -0.400. The molecular weight excluding hydrogens is 406 g/mol. The lowest BCUT2D eigenvalue weighted by Gasteiger charge is -2.10. The third kappa shape index (κ3) is 5.83. The summed E-state index contributed by atoms with van der Waals surface area (Å²) in [6.45, 7) is 4.74. The Morgan fingerprint density at radius 2 is 2.17 bits per heavy atom. The van der Waals surface area contributed by atoms with Crippen LogP contribution in [0.5, 0.6) is 0 Å². The largest absolute Gasteiger partial charge is 0.462 e. The van der Waals surface area contributed by atoms with Crippen LogP contribution in [0.4, 0.5) is 0 Å². The molecule has 0 unspecified atom stereocenters. The van der Waals surface area contributed by atoms with Gasteiger partial charge in [-0.25, -0.2) is 4.79 Å². The maximum atomic E-state index is 12.7. The van der Waals surface area contributed by atoms with Gasteiger partial charge < -0.3 is 14.8 Å². The fraction of sp³-hybridized carbons (Fsp3) is 0.500. The second-order valence-corrected chi connectivity index (χ2v) is 7.61. The van der Waals surface area contributed by atoms with E-state index in [0.29, 0.717) is 55.3 Å². The van der Waals surface area contributed by atoms with Crippen molar-refractivity contribution in [2.75, 3.05) is 26.4 Å². The van der Waals surface area contributed by atoms with E-state index in [9.17, 15) is 9.59 Å². The number of aryl methyl sites for hydroxylation is 2. The molecule has 7 nitrogen and oxygen atoms in total. The van der Waals surface area contributed by atoms with Gasteiger partial charge in [0.15, 0.2) is 0 Å². The van der Waals surface area contributed by atoms with Gasteiger partial charge in [-0.2, -0.15) is 5.10 Å². The molecule has 1 aromatic heterocycles. The number of amides is 1. The van der Waals surface area contributed by atoms with Crippen molar-refractivity contribution < 1.29 is 19.1 Å². The van der Waals surface area contributed by atoms with Crippen LogP contribution in [0.3, 0.4) is 0 Å². The lowest BCUT2D eigenvalue weighted by molar-refractivity contribution is 0.0494. The number of rotatable bonds is 6. The molecule has 0 atom stereocenters.